The number of ether oxygens (including phenoxy) is 2. The zero-order valence-electron chi connectivity index (χ0n) is 14.2. The molecule has 0 unspecified atom stereocenters. The van der Waals surface area contributed by atoms with E-state index in [9.17, 15) is 4.79 Å². The van der Waals surface area contributed by atoms with E-state index in [1.165, 1.54) is 0 Å². The van der Waals surface area contributed by atoms with Crippen molar-refractivity contribution in [3.8, 4) is 0 Å². The molecule has 0 spiro atoms. The van der Waals surface area contributed by atoms with Gasteiger partial charge in [-0.1, -0.05) is 17.7 Å². The van der Waals surface area contributed by atoms with Crippen LogP contribution in [0.1, 0.15) is 34.6 Å². The summed E-state index contributed by atoms with van der Waals surface area (Å²) in [6.45, 7) is 10.2. The summed E-state index contributed by atoms with van der Waals surface area (Å²) in [5, 5.41) is 3.61. The fraction of sp³-hybridized carbons (Fsp3) is 0.625. The summed E-state index contributed by atoms with van der Waals surface area (Å²) in [6.07, 6.45) is -0.383. The lowest BCUT2D eigenvalue weighted by atomic mass is 10.2. The van der Waals surface area contributed by atoms with E-state index in [0.29, 0.717) is 24.1 Å². The molecule has 1 saturated heterocycles. The second-order valence-corrected chi connectivity index (χ2v) is 7.38. The number of anilines is 1. The van der Waals surface area contributed by atoms with Crippen LogP contribution in [0.15, 0.2) is 18.2 Å². The predicted molar refractivity (Wildman–Crippen MR) is 89.6 cm³/mol. The molecule has 1 aromatic heterocycles. The van der Waals surface area contributed by atoms with Crippen molar-refractivity contribution in [1.82, 2.24) is 9.88 Å². The van der Waals surface area contributed by atoms with Gasteiger partial charge in [0.05, 0.1) is 12.6 Å². The summed E-state index contributed by atoms with van der Waals surface area (Å²) in [7, 11) is 0. The lowest BCUT2D eigenvalue weighted by molar-refractivity contribution is -0.0620. The number of aromatic nitrogens is 1. The lowest BCUT2D eigenvalue weighted by Crippen LogP contribution is -2.51. The van der Waals surface area contributed by atoms with Gasteiger partial charge in [-0.3, -0.25) is 4.90 Å². The van der Waals surface area contributed by atoms with E-state index in [-0.39, 0.29) is 12.1 Å². The molecule has 23 heavy (non-hydrogen) atoms. The van der Waals surface area contributed by atoms with Crippen molar-refractivity contribution < 1.29 is 14.3 Å². The Morgan fingerprint density at radius 3 is 2.83 bits per heavy atom. The molecular formula is C16H24ClN3O3. The maximum atomic E-state index is 12.5. The number of halogens is 1. The molecular weight excluding hydrogens is 318 g/mol. The zero-order chi connectivity index (χ0) is 17.3. The van der Waals surface area contributed by atoms with Crippen molar-refractivity contribution >= 4 is 23.5 Å². The van der Waals surface area contributed by atoms with Gasteiger partial charge in [0, 0.05) is 6.54 Å². The summed E-state index contributed by atoms with van der Waals surface area (Å²) in [5.41, 5.74) is -1.27. The molecule has 128 valence electrons. The fourth-order valence-corrected chi connectivity index (χ4v) is 2.61. The van der Waals surface area contributed by atoms with Crippen LogP contribution < -0.4 is 5.32 Å². The standard InChI is InChI=1S/C16H24ClN3O3/c1-15(2,3)23-14(21)20-11(10-22-16(20,4)5)9-18-13-8-6-7-12(17)19-13/h6-8,11H,9-10H2,1-5H3,(H,18,19)/t11-/m0/s1. The highest BCUT2D eigenvalue weighted by Gasteiger charge is 2.45. The van der Waals surface area contributed by atoms with Crippen molar-refractivity contribution in [3.63, 3.8) is 0 Å². The topological polar surface area (TPSA) is 63.7 Å². The third-order valence-electron chi connectivity index (χ3n) is 3.40. The Morgan fingerprint density at radius 2 is 2.22 bits per heavy atom. The highest BCUT2D eigenvalue weighted by atomic mass is 35.5. The zero-order valence-corrected chi connectivity index (χ0v) is 15.0. The van der Waals surface area contributed by atoms with Crippen LogP contribution in [-0.2, 0) is 9.47 Å². The highest BCUT2D eigenvalue weighted by molar-refractivity contribution is 6.29. The van der Waals surface area contributed by atoms with Crippen LogP contribution in [0.3, 0.4) is 0 Å². The number of nitrogens with one attached hydrogen (secondary N) is 1. The van der Waals surface area contributed by atoms with Crippen molar-refractivity contribution in [2.45, 2.75) is 52.0 Å². The first kappa shape index (κ1) is 17.8. The maximum absolute atomic E-state index is 12.5. The van der Waals surface area contributed by atoms with Gasteiger partial charge in [0.2, 0.25) is 0 Å². The van der Waals surface area contributed by atoms with E-state index in [0.717, 1.165) is 0 Å². The number of hydrogen-bond donors (Lipinski definition) is 1. The minimum atomic E-state index is -0.712. The monoisotopic (exact) mass is 341 g/mol. The number of hydrogen-bond acceptors (Lipinski definition) is 5. The molecule has 1 fully saturated rings. The third kappa shape index (κ3) is 4.72. The average molecular weight is 342 g/mol. The predicted octanol–water partition coefficient (Wildman–Crippen LogP) is 3.52. The molecule has 2 rings (SSSR count). The molecule has 2 heterocycles. The van der Waals surface area contributed by atoms with Crippen LogP contribution in [0.2, 0.25) is 5.15 Å². The molecule has 0 aromatic carbocycles. The Labute approximate surface area is 142 Å². The summed E-state index contributed by atoms with van der Waals surface area (Å²) in [6, 6.07) is 5.20. The Morgan fingerprint density at radius 1 is 1.52 bits per heavy atom. The molecule has 0 aliphatic carbocycles. The fourth-order valence-electron chi connectivity index (χ4n) is 2.44. The van der Waals surface area contributed by atoms with Crippen molar-refractivity contribution in [1.29, 1.82) is 0 Å². The van der Waals surface area contributed by atoms with Crippen molar-refractivity contribution in [2.24, 2.45) is 0 Å². The maximum Gasteiger partial charge on any atom is 0.412 e. The quantitative estimate of drug-likeness (QED) is 0.852. The van der Waals surface area contributed by atoms with Gasteiger partial charge in [-0.25, -0.2) is 9.78 Å². The number of nitrogens with zero attached hydrogens (tertiary/aromatic N) is 2. The van der Waals surface area contributed by atoms with Gasteiger partial charge in [-0.15, -0.1) is 0 Å². The molecule has 1 aliphatic rings. The Kier molecular flexibility index (Phi) is 5.06. The van der Waals surface area contributed by atoms with Gasteiger partial charge in [0.1, 0.15) is 22.3 Å². The van der Waals surface area contributed by atoms with Crippen LogP contribution in [0, 0.1) is 0 Å². The second-order valence-electron chi connectivity index (χ2n) is 6.99. The summed E-state index contributed by atoms with van der Waals surface area (Å²) in [5.74, 6) is 0.659. The summed E-state index contributed by atoms with van der Waals surface area (Å²) >= 11 is 5.88. The number of carbonyl (C=O) groups excluding carboxylic acids is 1. The molecule has 7 heteroatoms. The smallest absolute Gasteiger partial charge is 0.412 e. The largest absolute Gasteiger partial charge is 0.444 e. The van der Waals surface area contributed by atoms with Crippen molar-refractivity contribution in [2.75, 3.05) is 18.5 Å². The van der Waals surface area contributed by atoms with E-state index in [1.54, 1.807) is 11.0 Å². The number of carbonyl (C=O) groups is 1. The SMILES string of the molecule is CC(C)(C)OC(=O)N1[C@@H](CNc2cccc(Cl)n2)COC1(C)C. The second kappa shape index (κ2) is 6.53. The normalized spacial score (nSPS) is 20.4. The molecule has 0 saturated carbocycles. The van der Waals surface area contributed by atoms with E-state index < -0.39 is 11.3 Å². The number of rotatable bonds is 3. The molecule has 0 radical (unpaired) electrons. The van der Waals surface area contributed by atoms with Crippen molar-refractivity contribution in [3.05, 3.63) is 23.4 Å². The average Bonchev–Trinajstić information content (AvgIpc) is 2.69. The lowest BCUT2D eigenvalue weighted by Gasteiger charge is -2.35. The van der Waals surface area contributed by atoms with Gasteiger partial charge in [-0.2, -0.15) is 0 Å². The first-order chi connectivity index (χ1) is 10.6. The molecule has 1 aromatic rings. The van der Waals surface area contributed by atoms with E-state index in [2.05, 4.69) is 10.3 Å². The highest BCUT2D eigenvalue weighted by Crippen LogP contribution is 2.29. The van der Waals surface area contributed by atoms with Crippen LogP contribution >= 0.6 is 11.6 Å². The van der Waals surface area contributed by atoms with Crippen LogP contribution in [0.5, 0.6) is 0 Å². The molecule has 1 aliphatic heterocycles. The van der Waals surface area contributed by atoms with Gasteiger partial charge in [0.15, 0.2) is 0 Å². The van der Waals surface area contributed by atoms with Gasteiger partial charge in [-0.05, 0) is 46.8 Å². The Balaban J connectivity index is 2.06. The van der Waals surface area contributed by atoms with Crippen LogP contribution in [0.4, 0.5) is 10.6 Å². The van der Waals surface area contributed by atoms with E-state index >= 15 is 0 Å². The summed E-state index contributed by atoms with van der Waals surface area (Å²) < 4.78 is 11.3. The molecule has 1 amide bonds. The number of amides is 1. The molecule has 6 nitrogen and oxygen atoms in total. The summed E-state index contributed by atoms with van der Waals surface area (Å²) in [4.78, 5) is 18.3. The first-order valence-electron chi connectivity index (χ1n) is 7.61. The molecule has 1 N–H and O–H groups in total. The van der Waals surface area contributed by atoms with Gasteiger partial charge < -0.3 is 14.8 Å². The third-order valence-corrected chi connectivity index (χ3v) is 3.61. The van der Waals surface area contributed by atoms with E-state index in [1.807, 2.05) is 46.8 Å². The number of pyridine rings is 1. The Hall–Kier alpha value is -1.53. The first-order valence-corrected chi connectivity index (χ1v) is 7.99. The van der Waals surface area contributed by atoms with Gasteiger partial charge >= 0.3 is 6.09 Å². The molecule has 1 atom stereocenters. The van der Waals surface area contributed by atoms with Crippen LogP contribution in [0.25, 0.3) is 0 Å². The van der Waals surface area contributed by atoms with Gasteiger partial charge in [0.25, 0.3) is 0 Å². The Bertz CT molecular complexity index is 572. The minimum absolute atomic E-state index is 0.152. The van der Waals surface area contributed by atoms with E-state index in [4.69, 9.17) is 21.1 Å². The molecule has 0 bridgehead atoms. The van der Waals surface area contributed by atoms with Crippen LogP contribution in [-0.4, -0.2) is 46.5 Å². The minimum Gasteiger partial charge on any atom is -0.444 e.